The van der Waals surface area contributed by atoms with Crippen LogP contribution < -0.4 is 4.74 Å². The molecule has 0 atom stereocenters. The molecule has 1 N–H and O–H groups in total. The predicted octanol–water partition coefficient (Wildman–Crippen LogP) is 2.08. The van der Waals surface area contributed by atoms with Gasteiger partial charge in [-0.2, -0.15) is 0 Å². The first-order chi connectivity index (χ1) is 7.37. The molecule has 0 radical (unpaired) electrons. The van der Waals surface area contributed by atoms with Crippen LogP contribution in [0, 0.1) is 5.82 Å². The number of alkyl halides is 4. The zero-order valence-corrected chi connectivity index (χ0v) is 7.68. The highest BCUT2D eigenvalue weighted by atomic mass is 19.4. The standard InChI is InChI=1S/C8H6F5NO2/c9-2-6-4(3-15)1-5(10)7(14-6)16-8(11,12)13/h1,15H,2-3H2. The van der Waals surface area contributed by atoms with Gasteiger partial charge in [-0.05, 0) is 6.07 Å². The maximum atomic E-state index is 13.0. The van der Waals surface area contributed by atoms with Crippen molar-refractivity contribution in [1.29, 1.82) is 0 Å². The van der Waals surface area contributed by atoms with E-state index in [1.165, 1.54) is 0 Å². The Hall–Kier alpha value is -1.44. The Morgan fingerprint density at radius 3 is 2.44 bits per heavy atom. The van der Waals surface area contributed by atoms with E-state index >= 15 is 0 Å². The smallest absolute Gasteiger partial charge is 0.392 e. The number of halogens is 5. The van der Waals surface area contributed by atoms with Crippen molar-refractivity contribution in [2.45, 2.75) is 19.6 Å². The number of hydrogen-bond donors (Lipinski definition) is 1. The molecule has 0 fully saturated rings. The van der Waals surface area contributed by atoms with Crippen molar-refractivity contribution >= 4 is 0 Å². The van der Waals surface area contributed by atoms with Gasteiger partial charge in [0.25, 0.3) is 5.88 Å². The molecular formula is C8H6F5NO2. The monoisotopic (exact) mass is 243 g/mol. The Morgan fingerprint density at radius 2 is 2.00 bits per heavy atom. The van der Waals surface area contributed by atoms with E-state index < -0.39 is 37.0 Å². The minimum absolute atomic E-state index is 0.227. The second-order valence-corrected chi connectivity index (χ2v) is 2.72. The highest BCUT2D eigenvalue weighted by Crippen LogP contribution is 2.25. The zero-order valence-electron chi connectivity index (χ0n) is 7.68. The molecule has 8 heteroatoms. The van der Waals surface area contributed by atoms with Crippen LogP contribution in [0.5, 0.6) is 5.88 Å². The molecule has 1 rings (SSSR count). The molecule has 0 unspecified atom stereocenters. The highest BCUT2D eigenvalue weighted by molar-refractivity contribution is 5.26. The Kier molecular flexibility index (Phi) is 3.63. The number of rotatable bonds is 3. The predicted molar refractivity (Wildman–Crippen MR) is 41.6 cm³/mol. The van der Waals surface area contributed by atoms with E-state index in [2.05, 4.69) is 9.72 Å². The van der Waals surface area contributed by atoms with Crippen LogP contribution in [0.3, 0.4) is 0 Å². The summed E-state index contributed by atoms with van der Waals surface area (Å²) in [5.41, 5.74) is -0.724. The van der Waals surface area contributed by atoms with E-state index in [1.54, 1.807) is 0 Å². The van der Waals surface area contributed by atoms with Crippen molar-refractivity contribution in [2.24, 2.45) is 0 Å². The average Bonchev–Trinajstić information content (AvgIpc) is 2.18. The second-order valence-electron chi connectivity index (χ2n) is 2.72. The van der Waals surface area contributed by atoms with Gasteiger partial charge < -0.3 is 9.84 Å². The van der Waals surface area contributed by atoms with Gasteiger partial charge in [0.2, 0.25) is 0 Å². The lowest BCUT2D eigenvalue weighted by Crippen LogP contribution is -2.19. The molecule has 1 aromatic rings. The van der Waals surface area contributed by atoms with Crippen molar-refractivity contribution in [3.05, 3.63) is 23.1 Å². The summed E-state index contributed by atoms with van der Waals surface area (Å²) in [4.78, 5) is 2.99. The molecule has 0 aliphatic heterocycles. The number of aliphatic hydroxyl groups is 1. The number of nitrogens with zero attached hydrogens (tertiary/aromatic N) is 1. The van der Waals surface area contributed by atoms with Crippen molar-refractivity contribution in [1.82, 2.24) is 4.98 Å². The molecule has 3 nitrogen and oxygen atoms in total. The van der Waals surface area contributed by atoms with Crippen LogP contribution in [0.1, 0.15) is 11.3 Å². The number of aromatic nitrogens is 1. The van der Waals surface area contributed by atoms with Gasteiger partial charge in [-0.1, -0.05) is 0 Å². The summed E-state index contributed by atoms with van der Waals surface area (Å²) < 4.78 is 63.8. The van der Waals surface area contributed by atoms with E-state index in [-0.39, 0.29) is 5.56 Å². The van der Waals surface area contributed by atoms with Gasteiger partial charge in [-0.25, -0.2) is 13.8 Å². The maximum Gasteiger partial charge on any atom is 0.574 e. The van der Waals surface area contributed by atoms with Gasteiger partial charge in [0.1, 0.15) is 6.67 Å². The molecule has 0 spiro atoms. The minimum Gasteiger partial charge on any atom is -0.392 e. The van der Waals surface area contributed by atoms with Crippen molar-refractivity contribution in [3.63, 3.8) is 0 Å². The third kappa shape index (κ3) is 3.02. The first kappa shape index (κ1) is 12.6. The first-order valence-electron chi connectivity index (χ1n) is 3.98. The molecular weight excluding hydrogens is 237 g/mol. The lowest BCUT2D eigenvalue weighted by Gasteiger charge is -2.11. The number of pyridine rings is 1. The third-order valence-electron chi connectivity index (χ3n) is 1.62. The quantitative estimate of drug-likeness (QED) is 0.826. The van der Waals surface area contributed by atoms with Crippen LogP contribution in [-0.4, -0.2) is 16.5 Å². The lowest BCUT2D eigenvalue weighted by molar-refractivity contribution is -0.277. The molecule has 90 valence electrons. The Bertz CT molecular complexity index is 379. The SMILES string of the molecule is OCc1cc(F)c(OC(F)(F)F)nc1CF. The second kappa shape index (κ2) is 4.60. The molecule has 16 heavy (non-hydrogen) atoms. The van der Waals surface area contributed by atoms with Gasteiger partial charge in [0, 0.05) is 5.56 Å². The fourth-order valence-corrected chi connectivity index (χ4v) is 0.980. The lowest BCUT2D eigenvalue weighted by atomic mass is 10.2. The molecule has 0 aromatic carbocycles. The minimum atomic E-state index is -5.11. The summed E-state index contributed by atoms with van der Waals surface area (Å²) in [5.74, 6) is -2.78. The molecule has 0 bridgehead atoms. The molecule has 0 saturated heterocycles. The Morgan fingerprint density at radius 1 is 1.38 bits per heavy atom. The molecule has 0 aliphatic carbocycles. The normalized spacial score (nSPS) is 11.6. The summed E-state index contributed by atoms with van der Waals surface area (Å²) >= 11 is 0. The van der Waals surface area contributed by atoms with Crippen molar-refractivity contribution in [3.8, 4) is 5.88 Å². The van der Waals surface area contributed by atoms with E-state index in [9.17, 15) is 22.0 Å². The summed E-state index contributed by atoms with van der Waals surface area (Å²) in [6.07, 6.45) is -5.11. The zero-order chi connectivity index (χ0) is 12.3. The molecule has 0 amide bonds. The van der Waals surface area contributed by atoms with E-state index in [4.69, 9.17) is 5.11 Å². The van der Waals surface area contributed by atoms with Gasteiger partial charge in [-0.3, -0.25) is 0 Å². The Balaban J connectivity index is 3.11. The summed E-state index contributed by atoms with van der Waals surface area (Å²) in [5, 5.41) is 8.66. The molecule has 0 saturated carbocycles. The van der Waals surface area contributed by atoms with Crippen LogP contribution in [0.4, 0.5) is 22.0 Å². The van der Waals surface area contributed by atoms with Crippen molar-refractivity contribution < 1.29 is 31.8 Å². The molecule has 1 aromatic heterocycles. The van der Waals surface area contributed by atoms with E-state index in [0.29, 0.717) is 6.07 Å². The Labute approximate surface area is 86.5 Å². The van der Waals surface area contributed by atoms with Crippen molar-refractivity contribution in [2.75, 3.05) is 0 Å². The molecule has 0 aliphatic rings. The fourth-order valence-electron chi connectivity index (χ4n) is 0.980. The number of ether oxygens (including phenoxy) is 1. The average molecular weight is 243 g/mol. The summed E-state index contributed by atoms with van der Waals surface area (Å²) in [6.45, 7) is -1.96. The van der Waals surface area contributed by atoms with Gasteiger partial charge in [0.05, 0.1) is 12.3 Å². The topological polar surface area (TPSA) is 42.4 Å². The first-order valence-corrected chi connectivity index (χ1v) is 3.98. The van der Waals surface area contributed by atoms with Gasteiger partial charge >= 0.3 is 6.36 Å². The van der Waals surface area contributed by atoms with Gasteiger partial charge in [0.15, 0.2) is 5.82 Å². The number of aliphatic hydroxyl groups excluding tert-OH is 1. The fraction of sp³-hybridized carbons (Fsp3) is 0.375. The summed E-state index contributed by atoms with van der Waals surface area (Å²) in [6, 6.07) is 0.545. The highest BCUT2D eigenvalue weighted by Gasteiger charge is 2.33. The molecule has 1 heterocycles. The van der Waals surface area contributed by atoms with E-state index in [1.807, 2.05) is 0 Å². The summed E-state index contributed by atoms with van der Waals surface area (Å²) in [7, 11) is 0. The van der Waals surface area contributed by atoms with E-state index in [0.717, 1.165) is 0 Å². The van der Waals surface area contributed by atoms with Gasteiger partial charge in [-0.15, -0.1) is 13.2 Å². The van der Waals surface area contributed by atoms with Crippen LogP contribution in [0.2, 0.25) is 0 Å². The maximum absolute atomic E-state index is 13.0. The third-order valence-corrected chi connectivity index (χ3v) is 1.62. The largest absolute Gasteiger partial charge is 0.574 e. The van der Waals surface area contributed by atoms with Crippen LogP contribution >= 0.6 is 0 Å². The van der Waals surface area contributed by atoms with Crippen LogP contribution in [0.25, 0.3) is 0 Å². The number of hydrogen-bond acceptors (Lipinski definition) is 3. The van der Waals surface area contributed by atoms with Crippen LogP contribution in [-0.2, 0) is 13.3 Å². The van der Waals surface area contributed by atoms with Crippen LogP contribution in [0.15, 0.2) is 6.07 Å².